The van der Waals surface area contributed by atoms with E-state index in [0.717, 1.165) is 24.4 Å². The summed E-state index contributed by atoms with van der Waals surface area (Å²) in [4.78, 5) is 3.50. The zero-order chi connectivity index (χ0) is 27.9. The number of benzene rings is 2. The molecule has 0 radical (unpaired) electrons. The Kier molecular flexibility index (Phi) is 7.00. The van der Waals surface area contributed by atoms with E-state index >= 15 is 0 Å². The van der Waals surface area contributed by atoms with Crippen molar-refractivity contribution < 1.29 is 36.2 Å². The molecule has 2 aromatic heterocycles. The van der Waals surface area contributed by atoms with Gasteiger partial charge in [0.25, 0.3) is 0 Å². The van der Waals surface area contributed by atoms with Gasteiger partial charge in [0.2, 0.25) is 5.88 Å². The van der Waals surface area contributed by atoms with Crippen molar-refractivity contribution in [2.24, 2.45) is 0 Å². The first-order chi connectivity index (χ1) is 17.6. The highest BCUT2D eigenvalue weighted by molar-refractivity contribution is 6.30. The van der Waals surface area contributed by atoms with Gasteiger partial charge in [-0.1, -0.05) is 29.8 Å². The second kappa shape index (κ2) is 9.79. The molecule has 0 unspecified atom stereocenters. The number of nitrogens with zero attached hydrogens (tertiary/aromatic N) is 2. The lowest BCUT2D eigenvalue weighted by Crippen LogP contribution is -2.28. The fourth-order valence-corrected chi connectivity index (χ4v) is 4.04. The number of alkyl halides is 6. The van der Waals surface area contributed by atoms with Gasteiger partial charge in [0, 0.05) is 22.5 Å². The van der Waals surface area contributed by atoms with Gasteiger partial charge < -0.3 is 15.2 Å². The summed E-state index contributed by atoms with van der Waals surface area (Å²) in [5.41, 5.74) is -0.0576. The van der Waals surface area contributed by atoms with Gasteiger partial charge in [-0.3, -0.25) is 9.55 Å². The van der Waals surface area contributed by atoms with Crippen LogP contribution < -0.4 is 10.1 Å². The molecule has 0 spiro atoms. The standard InChI is InChI=1S/C26H20ClF6N3O2/c1-24(2,16-6-11-22(34-14-16)25(28,29)30)35-20-13-21(15-4-3-5-17(27)12-15)36(23(20)37)18-7-9-19(10-8-18)38-26(31,32)33/h3-14,35,37H,1-2H3. The summed E-state index contributed by atoms with van der Waals surface area (Å²) in [5, 5.41) is 14.7. The molecule has 38 heavy (non-hydrogen) atoms. The normalized spacial score (nSPS) is 12.4. The van der Waals surface area contributed by atoms with Crippen LogP contribution in [-0.4, -0.2) is 21.0 Å². The van der Waals surface area contributed by atoms with Crippen molar-refractivity contribution in [3.8, 4) is 28.6 Å². The molecule has 0 aliphatic carbocycles. The average Bonchev–Trinajstić information content (AvgIpc) is 3.13. The van der Waals surface area contributed by atoms with Crippen LogP contribution in [0.25, 0.3) is 16.9 Å². The Bertz CT molecular complexity index is 1430. The van der Waals surface area contributed by atoms with Crippen LogP contribution in [0, 0.1) is 0 Å². The molecule has 0 amide bonds. The zero-order valence-corrected chi connectivity index (χ0v) is 20.6. The molecule has 2 heterocycles. The monoisotopic (exact) mass is 555 g/mol. The van der Waals surface area contributed by atoms with Crippen molar-refractivity contribution in [3.05, 3.63) is 89.2 Å². The topological polar surface area (TPSA) is 59.3 Å². The minimum atomic E-state index is -4.86. The number of pyridine rings is 1. The fraction of sp³-hybridized carbons (Fsp3) is 0.192. The number of hydrogen-bond acceptors (Lipinski definition) is 4. The predicted molar refractivity (Wildman–Crippen MR) is 130 cm³/mol. The number of aromatic hydroxyl groups is 1. The van der Waals surface area contributed by atoms with Crippen molar-refractivity contribution in [1.29, 1.82) is 0 Å². The van der Waals surface area contributed by atoms with Crippen LogP contribution in [-0.2, 0) is 11.7 Å². The van der Waals surface area contributed by atoms with Crippen LogP contribution in [0.15, 0.2) is 72.9 Å². The van der Waals surface area contributed by atoms with Gasteiger partial charge in [-0.05, 0) is 67.9 Å². The highest BCUT2D eigenvalue weighted by Gasteiger charge is 2.34. The number of nitrogens with one attached hydrogen (secondary N) is 1. The quantitative estimate of drug-likeness (QED) is 0.236. The maximum absolute atomic E-state index is 12.9. The van der Waals surface area contributed by atoms with Crippen molar-refractivity contribution in [3.63, 3.8) is 0 Å². The molecule has 0 saturated heterocycles. The first-order valence-corrected chi connectivity index (χ1v) is 11.4. The van der Waals surface area contributed by atoms with E-state index < -0.39 is 29.5 Å². The van der Waals surface area contributed by atoms with Gasteiger partial charge >= 0.3 is 12.5 Å². The zero-order valence-electron chi connectivity index (χ0n) is 19.8. The van der Waals surface area contributed by atoms with Gasteiger partial charge in [-0.25, -0.2) is 0 Å². The number of rotatable bonds is 6. The van der Waals surface area contributed by atoms with Crippen LogP contribution in [0.2, 0.25) is 5.02 Å². The Labute approximate surface area is 218 Å². The molecule has 0 aliphatic rings. The van der Waals surface area contributed by atoms with Crippen LogP contribution in [0.3, 0.4) is 0 Å². The average molecular weight is 556 g/mol. The van der Waals surface area contributed by atoms with E-state index in [9.17, 15) is 31.4 Å². The molecule has 5 nitrogen and oxygen atoms in total. The fourth-order valence-electron chi connectivity index (χ4n) is 3.85. The smallest absolute Gasteiger partial charge is 0.493 e. The molecule has 2 aromatic carbocycles. The molecule has 4 rings (SSSR count). The van der Waals surface area contributed by atoms with Gasteiger partial charge in [-0.15, -0.1) is 13.2 Å². The number of halogens is 7. The van der Waals surface area contributed by atoms with Crippen molar-refractivity contribution >= 4 is 17.3 Å². The molecular formula is C26H20ClF6N3O2. The molecule has 0 aliphatic heterocycles. The summed E-state index contributed by atoms with van der Waals surface area (Å²) in [7, 11) is 0. The molecule has 0 saturated carbocycles. The Balaban J connectivity index is 1.75. The third-order valence-electron chi connectivity index (χ3n) is 5.65. The van der Waals surface area contributed by atoms with Crippen molar-refractivity contribution in [1.82, 2.24) is 9.55 Å². The molecule has 0 atom stereocenters. The van der Waals surface area contributed by atoms with E-state index in [2.05, 4.69) is 15.0 Å². The van der Waals surface area contributed by atoms with Gasteiger partial charge in [-0.2, -0.15) is 13.2 Å². The van der Waals surface area contributed by atoms with Gasteiger partial charge in [0.1, 0.15) is 11.4 Å². The minimum Gasteiger partial charge on any atom is -0.493 e. The molecule has 4 aromatic rings. The summed E-state index contributed by atoms with van der Waals surface area (Å²) >= 11 is 6.16. The highest BCUT2D eigenvalue weighted by atomic mass is 35.5. The first-order valence-electron chi connectivity index (χ1n) is 11.0. The van der Waals surface area contributed by atoms with E-state index in [0.29, 0.717) is 27.5 Å². The maximum Gasteiger partial charge on any atom is 0.573 e. The second-order valence-electron chi connectivity index (χ2n) is 8.83. The van der Waals surface area contributed by atoms with E-state index in [4.69, 9.17) is 11.6 Å². The summed E-state index contributed by atoms with van der Waals surface area (Å²) in [6, 6.07) is 15.4. The Hall–Kier alpha value is -3.86. The molecule has 200 valence electrons. The second-order valence-corrected chi connectivity index (χ2v) is 9.27. The van der Waals surface area contributed by atoms with Crippen LogP contribution >= 0.6 is 11.6 Å². The summed E-state index contributed by atoms with van der Waals surface area (Å²) in [6.07, 6.45) is -8.35. The Morgan fingerprint density at radius 2 is 1.61 bits per heavy atom. The number of ether oxygens (including phenoxy) is 1. The van der Waals surface area contributed by atoms with Gasteiger partial charge in [0.15, 0.2) is 0 Å². The molecule has 12 heteroatoms. The van der Waals surface area contributed by atoms with E-state index in [1.165, 1.54) is 22.8 Å². The largest absolute Gasteiger partial charge is 0.573 e. The van der Waals surface area contributed by atoms with Crippen molar-refractivity contribution in [2.45, 2.75) is 31.9 Å². The SMILES string of the molecule is CC(C)(Nc1cc(-c2cccc(Cl)c2)n(-c2ccc(OC(F)(F)F)cc2)c1O)c1ccc(C(F)(F)F)nc1. The molecular weight excluding hydrogens is 536 g/mol. The third-order valence-corrected chi connectivity index (χ3v) is 5.88. The highest BCUT2D eigenvalue weighted by Crippen LogP contribution is 2.41. The number of hydrogen-bond donors (Lipinski definition) is 2. The van der Waals surface area contributed by atoms with Gasteiger partial charge in [0.05, 0.1) is 16.9 Å². The summed E-state index contributed by atoms with van der Waals surface area (Å²) in [6.45, 7) is 3.38. The lowest BCUT2D eigenvalue weighted by molar-refractivity contribution is -0.274. The maximum atomic E-state index is 12.9. The lowest BCUT2D eigenvalue weighted by atomic mass is 9.95. The number of anilines is 1. The Morgan fingerprint density at radius 3 is 2.16 bits per heavy atom. The molecule has 0 bridgehead atoms. The Morgan fingerprint density at radius 1 is 0.921 bits per heavy atom. The van der Waals surface area contributed by atoms with E-state index in [-0.39, 0.29) is 11.6 Å². The molecule has 0 fully saturated rings. The number of aromatic nitrogens is 2. The van der Waals surface area contributed by atoms with Crippen LogP contribution in [0.5, 0.6) is 11.6 Å². The third kappa shape index (κ3) is 5.99. The van der Waals surface area contributed by atoms with Crippen LogP contribution in [0.1, 0.15) is 25.1 Å². The van der Waals surface area contributed by atoms with E-state index in [1.807, 2.05) is 0 Å². The van der Waals surface area contributed by atoms with E-state index in [1.54, 1.807) is 44.2 Å². The van der Waals surface area contributed by atoms with Crippen LogP contribution in [0.4, 0.5) is 32.0 Å². The first kappa shape index (κ1) is 27.2. The summed E-state index contributed by atoms with van der Waals surface area (Å²) in [5.74, 6) is -0.733. The summed E-state index contributed by atoms with van der Waals surface area (Å²) < 4.78 is 81.9. The van der Waals surface area contributed by atoms with Crippen molar-refractivity contribution in [2.75, 3.05) is 5.32 Å². The minimum absolute atomic E-state index is 0.209. The predicted octanol–water partition coefficient (Wildman–Crippen LogP) is 8.16. The lowest BCUT2D eigenvalue weighted by Gasteiger charge is -2.27. The molecule has 2 N–H and O–H groups in total.